The second-order valence-corrected chi connectivity index (χ2v) is 4.77. The van der Waals surface area contributed by atoms with Crippen molar-refractivity contribution in [1.82, 2.24) is 9.78 Å². The molecule has 120 valence electrons. The number of nitrogens with zero attached hydrogens (tertiary/aromatic N) is 2. The van der Waals surface area contributed by atoms with Crippen LogP contribution in [0.5, 0.6) is 0 Å². The number of hydrogen-bond donors (Lipinski definition) is 2. The van der Waals surface area contributed by atoms with E-state index < -0.39 is 16.8 Å². The van der Waals surface area contributed by atoms with Gasteiger partial charge in [-0.3, -0.25) is 20.0 Å². The van der Waals surface area contributed by atoms with Crippen molar-refractivity contribution in [3.63, 3.8) is 0 Å². The van der Waals surface area contributed by atoms with Gasteiger partial charge < -0.3 is 10.5 Å². The first-order valence-electron chi connectivity index (χ1n) is 6.43. The Balaban J connectivity index is 2.40. The minimum Gasteiger partial charge on any atom is -0.462 e. The number of nitro benzene ring substituents is 1. The van der Waals surface area contributed by atoms with Crippen LogP contribution in [0.4, 0.5) is 11.5 Å². The number of nitro groups is 1. The predicted molar refractivity (Wildman–Crippen MR) is 82.8 cm³/mol. The number of nitrogens with two attached hydrogens (primary N) is 1. The van der Waals surface area contributed by atoms with Gasteiger partial charge in [-0.15, -0.1) is 0 Å². The third kappa shape index (κ3) is 3.11. The van der Waals surface area contributed by atoms with Crippen molar-refractivity contribution in [2.24, 2.45) is 0 Å². The minimum atomic E-state index is -0.735. The lowest BCUT2D eigenvalue weighted by molar-refractivity contribution is -0.384. The summed E-state index contributed by atoms with van der Waals surface area (Å²) < 4.78 is 5.69. The zero-order chi connectivity index (χ0) is 17.1. The molecule has 1 aromatic carbocycles. The van der Waals surface area contributed by atoms with E-state index in [1.54, 1.807) is 6.92 Å². The van der Waals surface area contributed by atoms with E-state index in [2.05, 4.69) is 5.10 Å². The normalized spacial score (nSPS) is 10.3. The monoisotopic (exact) mass is 336 g/mol. The van der Waals surface area contributed by atoms with E-state index in [4.69, 9.17) is 22.7 Å². The average molecular weight is 336 g/mol. The van der Waals surface area contributed by atoms with Crippen molar-refractivity contribution in [3.8, 4) is 0 Å². The topological polar surface area (TPSA) is 133 Å². The Morgan fingerprint density at radius 1 is 1.39 bits per heavy atom. The number of nitrogens with one attached hydrogen (secondary N) is 1. The number of benzene rings is 1. The molecule has 0 unspecified atom stereocenters. The van der Waals surface area contributed by atoms with Crippen molar-refractivity contribution >= 4 is 35.6 Å². The lowest BCUT2D eigenvalue weighted by Gasteiger charge is -2.05. The van der Waals surface area contributed by atoms with Gasteiger partial charge in [0, 0.05) is 17.7 Å². The second kappa shape index (κ2) is 6.40. The molecule has 1 heterocycles. The molecule has 3 N–H and O–H groups in total. The van der Waals surface area contributed by atoms with E-state index in [0.717, 1.165) is 4.68 Å². The number of nitrogen functional groups attached to an aromatic ring is 1. The van der Waals surface area contributed by atoms with Gasteiger partial charge in [-0.2, -0.15) is 0 Å². The van der Waals surface area contributed by atoms with Crippen LogP contribution in [0, 0.1) is 14.8 Å². The number of esters is 1. The van der Waals surface area contributed by atoms with E-state index in [-0.39, 0.29) is 33.9 Å². The summed E-state index contributed by atoms with van der Waals surface area (Å²) in [4.78, 5) is 34.2. The molecule has 0 spiro atoms. The van der Waals surface area contributed by atoms with Crippen LogP contribution >= 0.6 is 12.2 Å². The van der Waals surface area contributed by atoms with Gasteiger partial charge in [0.1, 0.15) is 16.0 Å². The second-order valence-electron chi connectivity index (χ2n) is 4.37. The molecule has 0 aliphatic heterocycles. The van der Waals surface area contributed by atoms with Gasteiger partial charge in [-0.1, -0.05) is 12.2 Å². The Morgan fingerprint density at radius 2 is 2.00 bits per heavy atom. The summed E-state index contributed by atoms with van der Waals surface area (Å²) in [5.41, 5.74) is 5.67. The quantitative estimate of drug-likeness (QED) is 0.377. The van der Waals surface area contributed by atoms with Crippen LogP contribution in [0.25, 0.3) is 0 Å². The zero-order valence-corrected chi connectivity index (χ0v) is 12.8. The van der Waals surface area contributed by atoms with Gasteiger partial charge in [-0.25, -0.2) is 9.48 Å². The number of carbonyl (C=O) groups is 2. The maximum absolute atomic E-state index is 12.4. The zero-order valence-electron chi connectivity index (χ0n) is 11.9. The molecular formula is C13H12N4O5S. The first kappa shape index (κ1) is 16.4. The van der Waals surface area contributed by atoms with E-state index in [0.29, 0.717) is 0 Å². The molecule has 0 radical (unpaired) electrons. The Hall–Kier alpha value is -3.01. The summed E-state index contributed by atoms with van der Waals surface area (Å²) in [6.07, 6.45) is 0. The van der Waals surface area contributed by atoms with Crippen molar-refractivity contribution in [1.29, 1.82) is 0 Å². The Kier molecular flexibility index (Phi) is 4.55. The fourth-order valence-corrected chi connectivity index (χ4v) is 2.14. The van der Waals surface area contributed by atoms with Crippen molar-refractivity contribution < 1.29 is 19.2 Å². The van der Waals surface area contributed by atoms with Gasteiger partial charge in [-0.05, 0) is 19.1 Å². The van der Waals surface area contributed by atoms with Gasteiger partial charge >= 0.3 is 5.97 Å². The van der Waals surface area contributed by atoms with E-state index >= 15 is 0 Å². The molecule has 1 aromatic heterocycles. The van der Waals surface area contributed by atoms with Crippen LogP contribution in [0.15, 0.2) is 24.3 Å². The summed E-state index contributed by atoms with van der Waals surface area (Å²) in [6, 6.07) is 4.93. The molecule has 0 amide bonds. The summed E-state index contributed by atoms with van der Waals surface area (Å²) in [6.45, 7) is 1.76. The van der Waals surface area contributed by atoms with Crippen LogP contribution in [0.3, 0.4) is 0 Å². The summed E-state index contributed by atoms with van der Waals surface area (Å²) in [7, 11) is 0. The Morgan fingerprint density at radius 3 is 2.52 bits per heavy atom. The minimum absolute atomic E-state index is 0.0313. The van der Waals surface area contributed by atoms with Gasteiger partial charge in [0.15, 0.2) is 0 Å². The van der Waals surface area contributed by atoms with E-state index in [1.807, 2.05) is 0 Å². The molecule has 23 heavy (non-hydrogen) atoms. The molecule has 0 aliphatic carbocycles. The molecule has 2 aromatic rings. The standard InChI is InChI=1S/C13H12N4O5S/c1-2-22-13(19)9-10(14)16(15-11(9)23)12(18)7-3-5-8(6-4-7)17(20)21/h3-6H,2,14H2,1H3,(H,15,23). The molecular weight excluding hydrogens is 324 g/mol. The van der Waals surface area contributed by atoms with E-state index in [1.165, 1.54) is 24.3 Å². The summed E-state index contributed by atoms with van der Waals surface area (Å²) in [5.74, 6) is -1.53. The number of anilines is 1. The number of non-ortho nitro benzene ring substituents is 1. The highest BCUT2D eigenvalue weighted by molar-refractivity contribution is 7.71. The molecule has 0 bridgehead atoms. The Bertz CT molecular complexity index is 837. The average Bonchev–Trinajstić information content (AvgIpc) is 2.81. The fraction of sp³-hybridized carbons (Fsp3) is 0.154. The molecule has 0 fully saturated rings. The number of aromatic amines is 1. The molecule has 0 saturated carbocycles. The smallest absolute Gasteiger partial charge is 0.345 e. The molecule has 0 atom stereocenters. The summed E-state index contributed by atoms with van der Waals surface area (Å²) >= 11 is 4.98. The molecule has 2 rings (SSSR count). The SMILES string of the molecule is CCOC(=O)c1c(N)n(C(=O)c2ccc([N+](=O)[O-])cc2)[nH]c1=S. The van der Waals surface area contributed by atoms with Crippen molar-refractivity contribution in [2.75, 3.05) is 12.3 Å². The molecule has 0 aliphatic rings. The van der Waals surface area contributed by atoms with Crippen LogP contribution in [0.2, 0.25) is 0 Å². The maximum Gasteiger partial charge on any atom is 0.345 e. The van der Waals surface area contributed by atoms with Gasteiger partial charge in [0.2, 0.25) is 0 Å². The van der Waals surface area contributed by atoms with Gasteiger partial charge in [0.05, 0.1) is 11.5 Å². The lowest BCUT2D eigenvalue weighted by Crippen LogP contribution is -2.17. The third-order valence-corrected chi connectivity index (χ3v) is 3.24. The first-order valence-corrected chi connectivity index (χ1v) is 6.84. The summed E-state index contributed by atoms with van der Waals surface area (Å²) in [5, 5.41) is 13.1. The largest absolute Gasteiger partial charge is 0.462 e. The van der Waals surface area contributed by atoms with Crippen molar-refractivity contribution in [3.05, 3.63) is 50.1 Å². The number of aromatic nitrogens is 2. The number of rotatable bonds is 4. The van der Waals surface area contributed by atoms with E-state index in [9.17, 15) is 19.7 Å². The molecule has 0 saturated heterocycles. The lowest BCUT2D eigenvalue weighted by atomic mass is 10.2. The highest BCUT2D eigenvalue weighted by Crippen LogP contribution is 2.18. The Labute approximate surface area is 134 Å². The maximum atomic E-state index is 12.4. The third-order valence-electron chi connectivity index (χ3n) is 2.95. The van der Waals surface area contributed by atoms with Crippen molar-refractivity contribution in [2.45, 2.75) is 6.92 Å². The highest BCUT2D eigenvalue weighted by Gasteiger charge is 2.22. The number of hydrogen-bond acceptors (Lipinski definition) is 7. The van der Waals surface area contributed by atoms with Crippen LogP contribution in [0.1, 0.15) is 27.6 Å². The van der Waals surface area contributed by atoms with Crippen LogP contribution in [-0.4, -0.2) is 33.2 Å². The molecule has 9 nitrogen and oxygen atoms in total. The fourth-order valence-electron chi connectivity index (χ4n) is 1.86. The number of carbonyl (C=O) groups excluding carboxylic acids is 2. The highest BCUT2D eigenvalue weighted by atomic mass is 32.1. The predicted octanol–water partition coefficient (Wildman–Crippen LogP) is 1.90. The number of ether oxygens (including phenoxy) is 1. The number of H-pyrrole nitrogens is 1. The van der Waals surface area contributed by atoms with Crippen LogP contribution < -0.4 is 5.73 Å². The first-order chi connectivity index (χ1) is 10.9. The van der Waals surface area contributed by atoms with Crippen LogP contribution in [-0.2, 0) is 4.74 Å². The molecule has 10 heteroatoms. The van der Waals surface area contributed by atoms with Gasteiger partial charge in [0.25, 0.3) is 11.6 Å².